The van der Waals surface area contributed by atoms with Crippen LogP contribution in [0.15, 0.2) is 9.98 Å². The lowest BCUT2D eigenvalue weighted by Gasteiger charge is -2.33. The number of hydrogen-bond donors (Lipinski definition) is 5. The molecular formula is C16H30N6O4. The lowest BCUT2D eigenvalue weighted by atomic mass is 9.81. The molecule has 1 saturated carbocycles. The van der Waals surface area contributed by atoms with E-state index in [4.69, 9.17) is 27.7 Å². The molecule has 0 aromatic carbocycles. The van der Waals surface area contributed by atoms with Gasteiger partial charge in [0.05, 0.1) is 18.0 Å². The van der Waals surface area contributed by atoms with Gasteiger partial charge >= 0.3 is 11.9 Å². The minimum atomic E-state index is -1.08. The molecule has 0 bridgehead atoms. The van der Waals surface area contributed by atoms with E-state index in [-0.39, 0.29) is 24.3 Å². The number of rotatable bonds is 8. The second kappa shape index (κ2) is 9.25. The molecule has 26 heavy (non-hydrogen) atoms. The van der Waals surface area contributed by atoms with Crippen LogP contribution in [0.1, 0.15) is 40.0 Å². The third-order valence-electron chi connectivity index (χ3n) is 4.87. The summed E-state index contributed by atoms with van der Waals surface area (Å²) in [5.74, 6) is -3.39. The van der Waals surface area contributed by atoms with Gasteiger partial charge in [-0.05, 0) is 12.3 Å². The van der Waals surface area contributed by atoms with Crippen LogP contribution in [0.4, 0.5) is 0 Å². The summed E-state index contributed by atoms with van der Waals surface area (Å²) in [6.45, 7) is 5.21. The minimum Gasteiger partial charge on any atom is -0.481 e. The van der Waals surface area contributed by atoms with E-state index in [1.54, 1.807) is 0 Å². The summed E-state index contributed by atoms with van der Waals surface area (Å²) >= 11 is 0. The number of aliphatic imine (C=N–C) groups is 2. The Morgan fingerprint density at radius 1 is 1.15 bits per heavy atom. The molecule has 5 atom stereocenters. The third kappa shape index (κ3) is 5.24. The molecule has 0 amide bonds. The smallest absolute Gasteiger partial charge is 0.310 e. The number of aliphatic carboxylic acids is 1. The number of nitrogens with zero attached hydrogens (tertiary/aromatic N) is 2. The average molecular weight is 370 g/mol. The quantitative estimate of drug-likeness (QED) is 0.211. The summed E-state index contributed by atoms with van der Waals surface area (Å²) in [4.78, 5) is 31.9. The second-order valence-electron chi connectivity index (χ2n) is 6.57. The predicted octanol–water partition coefficient (Wildman–Crippen LogP) is -0.641. The number of carbonyl (C=O) groups excluding carboxylic acids is 1. The molecular weight excluding hydrogens is 340 g/mol. The molecule has 0 spiro atoms. The number of nitrogens with two attached hydrogens (primary N) is 4. The molecule has 10 nitrogen and oxygen atoms in total. The van der Waals surface area contributed by atoms with Gasteiger partial charge in [0.15, 0.2) is 11.9 Å². The fourth-order valence-electron chi connectivity index (χ4n) is 3.83. The summed E-state index contributed by atoms with van der Waals surface area (Å²) in [5, 5.41) is 9.60. The van der Waals surface area contributed by atoms with Gasteiger partial charge in [0, 0.05) is 12.8 Å². The molecule has 0 heterocycles. The van der Waals surface area contributed by atoms with E-state index in [0.717, 1.165) is 12.8 Å². The van der Waals surface area contributed by atoms with Gasteiger partial charge in [-0.1, -0.05) is 26.7 Å². The van der Waals surface area contributed by atoms with Crippen molar-refractivity contribution in [2.45, 2.75) is 58.2 Å². The van der Waals surface area contributed by atoms with Gasteiger partial charge in [-0.25, -0.2) is 9.98 Å². The highest BCUT2D eigenvalue weighted by Crippen LogP contribution is 2.42. The van der Waals surface area contributed by atoms with Crippen LogP contribution in [0, 0.1) is 17.8 Å². The van der Waals surface area contributed by atoms with Gasteiger partial charge in [-0.3, -0.25) is 9.59 Å². The van der Waals surface area contributed by atoms with Gasteiger partial charge in [0.1, 0.15) is 6.10 Å². The fraction of sp³-hybridized carbons (Fsp3) is 0.750. The van der Waals surface area contributed by atoms with Crippen LogP contribution in [-0.4, -0.2) is 47.2 Å². The van der Waals surface area contributed by atoms with Gasteiger partial charge in [-0.15, -0.1) is 0 Å². The van der Waals surface area contributed by atoms with E-state index in [0.29, 0.717) is 0 Å². The number of carboxylic acids is 1. The van der Waals surface area contributed by atoms with Crippen LogP contribution in [0.25, 0.3) is 0 Å². The van der Waals surface area contributed by atoms with Crippen molar-refractivity contribution in [3.63, 3.8) is 0 Å². The monoisotopic (exact) mass is 370 g/mol. The van der Waals surface area contributed by atoms with Gasteiger partial charge < -0.3 is 32.8 Å². The van der Waals surface area contributed by atoms with Crippen molar-refractivity contribution in [1.82, 2.24) is 0 Å². The average Bonchev–Trinajstić information content (AvgIpc) is 2.83. The van der Waals surface area contributed by atoms with Crippen molar-refractivity contribution in [3.05, 3.63) is 0 Å². The molecule has 0 unspecified atom stereocenters. The highest BCUT2D eigenvalue weighted by molar-refractivity contribution is 5.77. The van der Waals surface area contributed by atoms with Gasteiger partial charge in [0.25, 0.3) is 0 Å². The van der Waals surface area contributed by atoms with Crippen LogP contribution >= 0.6 is 0 Å². The molecule has 1 aliphatic rings. The first-order valence-corrected chi connectivity index (χ1v) is 8.69. The maximum absolute atomic E-state index is 11.7. The molecule has 0 radical (unpaired) electrons. The zero-order valence-corrected chi connectivity index (χ0v) is 15.5. The van der Waals surface area contributed by atoms with E-state index >= 15 is 0 Å². The highest BCUT2D eigenvalue weighted by Gasteiger charge is 2.53. The maximum atomic E-state index is 11.7. The van der Waals surface area contributed by atoms with E-state index in [2.05, 4.69) is 9.98 Å². The summed E-state index contributed by atoms with van der Waals surface area (Å²) in [6.07, 6.45) is 0.722. The maximum Gasteiger partial charge on any atom is 0.310 e. The van der Waals surface area contributed by atoms with Crippen LogP contribution in [0.3, 0.4) is 0 Å². The van der Waals surface area contributed by atoms with E-state index < -0.39 is 42.0 Å². The fourth-order valence-corrected chi connectivity index (χ4v) is 3.83. The van der Waals surface area contributed by atoms with Crippen LogP contribution in [-0.2, 0) is 14.3 Å². The van der Waals surface area contributed by atoms with Crippen molar-refractivity contribution in [2.75, 3.05) is 0 Å². The van der Waals surface area contributed by atoms with Gasteiger partial charge in [-0.2, -0.15) is 0 Å². The van der Waals surface area contributed by atoms with Crippen LogP contribution in [0.5, 0.6) is 0 Å². The number of esters is 1. The molecule has 1 aliphatic carbocycles. The first-order chi connectivity index (χ1) is 12.1. The van der Waals surface area contributed by atoms with Crippen molar-refractivity contribution in [2.24, 2.45) is 50.7 Å². The zero-order chi connectivity index (χ0) is 20.0. The normalized spacial score (nSPS) is 26.2. The Morgan fingerprint density at radius 3 is 2.12 bits per heavy atom. The number of ether oxygens (including phenoxy) is 1. The van der Waals surface area contributed by atoms with Crippen molar-refractivity contribution in [3.8, 4) is 0 Å². The lowest BCUT2D eigenvalue weighted by molar-refractivity contribution is -0.157. The molecule has 0 aliphatic heterocycles. The number of guanidine groups is 2. The second-order valence-corrected chi connectivity index (χ2v) is 6.57. The van der Waals surface area contributed by atoms with Crippen molar-refractivity contribution in [1.29, 1.82) is 0 Å². The molecule has 1 fully saturated rings. The topological polar surface area (TPSA) is 192 Å². The molecule has 0 aromatic heterocycles. The van der Waals surface area contributed by atoms with Crippen LogP contribution < -0.4 is 22.9 Å². The third-order valence-corrected chi connectivity index (χ3v) is 4.87. The number of carbonyl (C=O) groups is 2. The standard InChI is InChI=1S/C16H30N6O4/c1-4-8(5-2)12(22-16(19)20)11-10(21-15(17)18)6-9(14(24)25)13(11)26-7(3)23/h8-13H,4-6H2,1-3H3,(H,24,25)(H4,17,18,21)(H4,19,20,22)/t9-,10+,11+,12-,13+/m0/s1. The number of carboxylic acid groups (broad SMARTS) is 1. The summed E-state index contributed by atoms with van der Waals surface area (Å²) in [7, 11) is 0. The summed E-state index contributed by atoms with van der Waals surface area (Å²) in [5.41, 5.74) is 22.3. The first kappa shape index (κ1) is 21.5. The van der Waals surface area contributed by atoms with Crippen LogP contribution in [0.2, 0.25) is 0 Å². The molecule has 0 aromatic rings. The molecule has 9 N–H and O–H groups in total. The number of hydrogen-bond acceptors (Lipinski definition) is 5. The molecule has 1 rings (SSSR count). The Balaban J connectivity index is 3.48. The predicted molar refractivity (Wildman–Crippen MR) is 98.1 cm³/mol. The lowest BCUT2D eigenvalue weighted by Crippen LogP contribution is -2.44. The first-order valence-electron chi connectivity index (χ1n) is 8.69. The summed E-state index contributed by atoms with van der Waals surface area (Å²) in [6, 6.07) is -1.05. The molecule has 10 heteroatoms. The minimum absolute atomic E-state index is 0.0457. The van der Waals surface area contributed by atoms with E-state index in [9.17, 15) is 14.7 Å². The Hall–Kier alpha value is -2.52. The van der Waals surface area contributed by atoms with Crippen molar-refractivity contribution < 1.29 is 19.4 Å². The van der Waals surface area contributed by atoms with Gasteiger partial charge in [0.2, 0.25) is 0 Å². The van der Waals surface area contributed by atoms with E-state index in [1.165, 1.54) is 6.92 Å². The highest BCUT2D eigenvalue weighted by atomic mass is 16.5. The Morgan fingerprint density at radius 2 is 1.73 bits per heavy atom. The summed E-state index contributed by atoms with van der Waals surface area (Å²) < 4.78 is 5.39. The largest absolute Gasteiger partial charge is 0.481 e. The van der Waals surface area contributed by atoms with Crippen molar-refractivity contribution >= 4 is 23.9 Å². The molecule has 0 saturated heterocycles. The zero-order valence-electron chi connectivity index (χ0n) is 15.5. The molecule has 148 valence electrons. The van der Waals surface area contributed by atoms with E-state index in [1.807, 2.05) is 13.8 Å². The Bertz CT molecular complexity index is 567. The Kier molecular flexibility index (Phi) is 7.66. The Labute approximate surface area is 153 Å². The SMILES string of the molecule is CCC(CC)[C@H](N=C(N)N)[C@@H]1[C@H](OC(C)=O)[C@@H](C(=O)O)C[C@H]1N=C(N)N.